The van der Waals surface area contributed by atoms with Gasteiger partial charge in [0.05, 0.1) is 35.9 Å². The molecule has 152 valence electrons. The molecule has 0 unspecified atom stereocenters. The van der Waals surface area contributed by atoms with E-state index in [1.165, 1.54) is 23.2 Å². The van der Waals surface area contributed by atoms with Crippen molar-refractivity contribution in [1.82, 2.24) is 3.97 Å². The molecule has 7 heteroatoms. The minimum atomic E-state index is -3.97. The highest BCUT2D eigenvalue weighted by Gasteiger charge is 2.26. The van der Waals surface area contributed by atoms with Crippen LogP contribution in [0.25, 0.3) is 22.2 Å². The Kier molecular flexibility index (Phi) is 5.05. The van der Waals surface area contributed by atoms with Gasteiger partial charge in [0.1, 0.15) is 11.5 Å². The van der Waals surface area contributed by atoms with Gasteiger partial charge in [-0.25, -0.2) is 12.4 Å². The fourth-order valence-electron chi connectivity index (χ4n) is 3.52. The average Bonchev–Trinajstić information content (AvgIpc) is 3.17. The van der Waals surface area contributed by atoms with Crippen LogP contribution in [0.4, 0.5) is 0 Å². The summed E-state index contributed by atoms with van der Waals surface area (Å²) in [6.07, 6.45) is 0.690. The molecule has 1 heterocycles. The van der Waals surface area contributed by atoms with Gasteiger partial charge in [0.15, 0.2) is 6.29 Å². The van der Waals surface area contributed by atoms with Crippen LogP contribution in [0.15, 0.2) is 77.7 Å². The summed E-state index contributed by atoms with van der Waals surface area (Å²) in [6.45, 7) is 0. The fourth-order valence-corrected chi connectivity index (χ4v) is 5.06. The van der Waals surface area contributed by atoms with Crippen LogP contribution in [-0.2, 0) is 10.0 Å². The molecule has 1 aromatic heterocycles. The van der Waals surface area contributed by atoms with Crippen molar-refractivity contribution in [3.63, 3.8) is 0 Å². The largest absolute Gasteiger partial charge is 0.497 e. The number of nitrogens with zero attached hydrogens (tertiary/aromatic N) is 1. The Labute approximate surface area is 174 Å². The number of fused-ring (bicyclic) bond motifs is 1. The van der Waals surface area contributed by atoms with Gasteiger partial charge in [0.2, 0.25) is 0 Å². The molecule has 0 saturated heterocycles. The molecule has 3 aromatic carbocycles. The van der Waals surface area contributed by atoms with Gasteiger partial charge in [-0.1, -0.05) is 30.3 Å². The Balaban J connectivity index is 2.14. The number of hydrogen-bond donors (Lipinski definition) is 0. The normalized spacial score (nSPS) is 11.4. The lowest BCUT2D eigenvalue weighted by Crippen LogP contribution is -2.14. The van der Waals surface area contributed by atoms with Crippen molar-refractivity contribution in [2.45, 2.75) is 4.90 Å². The highest BCUT2D eigenvalue weighted by Crippen LogP contribution is 2.39. The zero-order valence-corrected chi connectivity index (χ0v) is 17.2. The van der Waals surface area contributed by atoms with E-state index in [2.05, 4.69) is 0 Å². The van der Waals surface area contributed by atoms with Crippen molar-refractivity contribution in [3.05, 3.63) is 78.4 Å². The van der Waals surface area contributed by atoms with E-state index in [-0.39, 0.29) is 4.90 Å². The highest BCUT2D eigenvalue weighted by molar-refractivity contribution is 7.90. The molecule has 6 nitrogen and oxygen atoms in total. The van der Waals surface area contributed by atoms with E-state index in [0.29, 0.717) is 45.5 Å². The van der Waals surface area contributed by atoms with Crippen molar-refractivity contribution in [2.24, 2.45) is 0 Å². The third-order valence-corrected chi connectivity index (χ3v) is 6.65. The van der Waals surface area contributed by atoms with E-state index >= 15 is 0 Å². The molecule has 0 aliphatic carbocycles. The second-order valence-electron chi connectivity index (χ2n) is 6.58. The van der Waals surface area contributed by atoms with E-state index < -0.39 is 10.0 Å². The van der Waals surface area contributed by atoms with Crippen LogP contribution in [0.2, 0.25) is 0 Å². The predicted octanol–water partition coefficient (Wildman–Crippen LogP) is 4.38. The topological polar surface area (TPSA) is 74.6 Å². The van der Waals surface area contributed by atoms with Gasteiger partial charge in [0.25, 0.3) is 10.0 Å². The number of carbonyl (C=O) groups is 1. The van der Waals surface area contributed by atoms with E-state index in [1.54, 1.807) is 67.8 Å². The summed E-state index contributed by atoms with van der Waals surface area (Å²) in [6, 6.07) is 20.0. The summed E-state index contributed by atoms with van der Waals surface area (Å²) in [5.41, 5.74) is 1.54. The minimum absolute atomic E-state index is 0.141. The quantitative estimate of drug-likeness (QED) is 0.432. The number of benzene rings is 3. The first-order chi connectivity index (χ1) is 14.5. The molecule has 30 heavy (non-hydrogen) atoms. The maximum Gasteiger partial charge on any atom is 0.268 e. The van der Waals surface area contributed by atoms with E-state index in [4.69, 9.17) is 9.47 Å². The molecule has 0 radical (unpaired) electrons. The summed E-state index contributed by atoms with van der Waals surface area (Å²) in [5.74, 6) is 0.998. The molecule has 0 spiro atoms. The standard InChI is InChI=1S/C23H19NO5S/c1-28-18-11-12-20-17(13-18)14-21(23-16(15-25)7-6-10-22(23)29-2)24(20)30(26,27)19-8-4-3-5-9-19/h3-15H,1-2H3. The summed E-state index contributed by atoms with van der Waals surface area (Å²) in [5, 5.41) is 0.659. The van der Waals surface area contributed by atoms with Crippen LogP contribution in [0.1, 0.15) is 10.4 Å². The Hall–Kier alpha value is -3.58. The number of methoxy groups -OCH3 is 2. The maximum absolute atomic E-state index is 13.7. The van der Waals surface area contributed by atoms with Crippen LogP contribution < -0.4 is 9.47 Å². The van der Waals surface area contributed by atoms with Gasteiger partial charge in [-0.2, -0.15) is 0 Å². The summed E-state index contributed by atoms with van der Waals surface area (Å²) >= 11 is 0. The van der Waals surface area contributed by atoms with Crippen LogP contribution in [0.3, 0.4) is 0 Å². The van der Waals surface area contributed by atoms with Gasteiger partial charge in [-0.3, -0.25) is 4.79 Å². The zero-order chi connectivity index (χ0) is 21.3. The lowest BCUT2D eigenvalue weighted by molar-refractivity contribution is 0.112. The molecular formula is C23H19NO5S. The molecule has 4 rings (SSSR count). The SMILES string of the molecule is COc1ccc2c(c1)cc(-c1c(C=O)cccc1OC)n2S(=O)(=O)c1ccccc1. The third-order valence-electron chi connectivity index (χ3n) is 4.91. The predicted molar refractivity (Wildman–Crippen MR) is 115 cm³/mol. The Morgan fingerprint density at radius 3 is 2.30 bits per heavy atom. The van der Waals surface area contributed by atoms with Crippen LogP contribution in [0, 0.1) is 0 Å². The van der Waals surface area contributed by atoms with Gasteiger partial charge >= 0.3 is 0 Å². The van der Waals surface area contributed by atoms with Crippen molar-refractivity contribution < 1.29 is 22.7 Å². The summed E-state index contributed by atoms with van der Waals surface area (Å²) in [4.78, 5) is 11.9. The number of carbonyl (C=O) groups excluding carboxylic acids is 1. The molecular weight excluding hydrogens is 402 g/mol. The maximum atomic E-state index is 13.7. The molecule has 4 aromatic rings. The third kappa shape index (κ3) is 3.13. The summed E-state index contributed by atoms with van der Waals surface area (Å²) in [7, 11) is -0.939. The van der Waals surface area contributed by atoms with E-state index in [1.807, 2.05) is 0 Å². The van der Waals surface area contributed by atoms with Crippen molar-refractivity contribution >= 4 is 27.2 Å². The number of aldehydes is 1. The molecule has 0 aliphatic rings. The first-order valence-corrected chi connectivity index (χ1v) is 10.6. The second kappa shape index (κ2) is 7.68. The van der Waals surface area contributed by atoms with Crippen molar-refractivity contribution in [1.29, 1.82) is 0 Å². The van der Waals surface area contributed by atoms with E-state index in [9.17, 15) is 13.2 Å². The monoisotopic (exact) mass is 421 g/mol. The minimum Gasteiger partial charge on any atom is -0.497 e. The Morgan fingerprint density at radius 1 is 0.867 bits per heavy atom. The van der Waals surface area contributed by atoms with Crippen LogP contribution in [0.5, 0.6) is 11.5 Å². The molecule has 0 fully saturated rings. The molecule has 0 saturated carbocycles. The molecule has 0 N–H and O–H groups in total. The van der Waals surface area contributed by atoms with Crippen molar-refractivity contribution in [2.75, 3.05) is 14.2 Å². The van der Waals surface area contributed by atoms with Crippen LogP contribution in [-0.4, -0.2) is 32.9 Å². The summed E-state index contributed by atoms with van der Waals surface area (Å²) < 4.78 is 39.3. The molecule has 0 aliphatic heterocycles. The van der Waals surface area contributed by atoms with Gasteiger partial charge in [-0.05, 0) is 42.5 Å². The van der Waals surface area contributed by atoms with Gasteiger partial charge < -0.3 is 9.47 Å². The highest BCUT2D eigenvalue weighted by atomic mass is 32.2. The molecule has 0 bridgehead atoms. The molecule has 0 amide bonds. The number of rotatable bonds is 6. The first kappa shape index (κ1) is 19.7. The average molecular weight is 421 g/mol. The Bertz CT molecular complexity index is 1340. The molecule has 0 atom stereocenters. The fraction of sp³-hybridized carbons (Fsp3) is 0.0870. The van der Waals surface area contributed by atoms with Gasteiger partial charge in [-0.15, -0.1) is 0 Å². The lowest BCUT2D eigenvalue weighted by Gasteiger charge is -2.15. The lowest BCUT2D eigenvalue weighted by atomic mass is 10.0. The van der Waals surface area contributed by atoms with Crippen LogP contribution >= 0.6 is 0 Å². The number of ether oxygens (including phenoxy) is 2. The number of aromatic nitrogens is 1. The van der Waals surface area contributed by atoms with Crippen molar-refractivity contribution in [3.8, 4) is 22.8 Å². The van der Waals surface area contributed by atoms with E-state index in [0.717, 1.165) is 0 Å². The smallest absolute Gasteiger partial charge is 0.268 e. The second-order valence-corrected chi connectivity index (χ2v) is 8.37. The number of hydrogen-bond acceptors (Lipinski definition) is 5. The van der Waals surface area contributed by atoms with Gasteiger partial charge in [0, 0.05) is 10.9 Å². The Morgan fingerprint density at radius 2 is 1.63 bits per heavy atom. The zero-order valence-electron chi connectivity index (χ0n) is 16.4. The first-order valence-electron chi connectivity index (χ1n) is 9.14.